The molecule has 0 aliphatic rings. The van der Waals surface area contributed by atoms with Gasteiger partial charge in [-0.05, 0) is 18.6 Å². The lowest BCUT2D eigenvalue weighted by molar-refractivity contribution is -0.120. The van der Waals surface area contributed by atoms with Gasteiger partial charge in [-0.3, -0.25) is 9.78 Å². The van der Waals surface area contributed by atoms with E-state index in [2.05, 4.69) is 16.2 Å². The van der Waals surface area contributed by atoms with E-state index in [1.807, 2.05) is 19.1 Å². The molecule has 0 bridgehead atoms. The van der Waals surface area contributed by atoms with Crippen molar-refractivity contribution in [3.05, 3.63) is 29.6 Å². The predicted octanol–water partition coefficient (Wildman–Crippen LogP) is 1.07. The van der Waals surface area contributed by atoms with E-state index in [9.17, 15) is 4.79 Å². The number of pyridine rings is 1. The summed E-state index contributed by atoms with van der Waals surface area (Å²) in [6.07, 6.45) is 7.65. The maximum Gasteiger partial charge on any atom is 0.226 e. The van der Waals surface area contributed by atoms with Gasteiger partial charge in [-0.25, -0.2) is 0 Å². The number of aryl methyl sites for hydroxylation is 1. The number of aromatic nitrogens is 1. The van der Waals surface area contributed by atoms with Crippen LogP contribution < -0.4 is 5.32 Å². The molecular weight excluding hydrogens is 188 g/mol. The molecule has 3 heteroatoms. The van der Waals surface area contributed by atoms with E-state index in [0.29, 0.717) is 19.4 Å². The van der Waals surface area contributed by atoms with Gasteiger partial charge in [-0.1, -0.05) is 6.07 Å². The molecular formula is C12H14N2O. The van der Waals surface area contributed by atoms with Gasteiger partial charge in [0, 0.05) is 19.2 Å². The zero-order chi connectivity index (χ0) is 11.1. The van der Waals surface area contributed by atoms with Gasteiger partial charge in [-0.15, -0.1) is 12.3 Å². The maximum atomic E-state index is 11.4. The van der Waals surface area contributed by atoms with Crippen LogP contribution >= 0.6 is 0 Å². The fraction of sp³-hybridized carbons (Fsp3) is 0.333. The van der Waals surface area contributed by atoms with Crippen LogP contribution in [0.3, 0.4) is 0 Å². The van der Waals surface area contributed by atoms with E-state index >= 15 is 0 Å². The van der Waals surface area contributed by atoms with Crippen molar-refractivity contribution < 1.29 is 4.79 Å². The summed E-state index contributed by atoms with van der Waals surface area (Å²) in [6, 6.07) is 3.80. The third-order valence-corrected chi connectivity index (χ3v) is 2.04. The average molecular weight is 202 g/mol. The Labute approximate surface area is 89.9 Å². The molecule has 1 heterocycles. The number of carbonyl (C=O) groups excluding carboxylic acids is 1. The van der Waals surface area contributed by atoms with Crippen molar-refractivity contribution in [3.8, 4) is 12.3 Å². The van der Waals surface area contributed by atoms with E-state index in [4.69, 9.17) is 6.42 Å². The van der Waals surface area contributed by atoms with Crippen molar-refractivity contribution in [1.29, 1.82) is 0 Å². The quantitative estimate of drug-likeness (QED) is 0.586. The number of terminal acetylenes is 1. The number of rotatable bonds is 4. The molecule has 0 unspecified atom stereocenters. The Bertz CT molecular complexity index is 379. The summed E-state index contributed by atoms with van der Waals surface area (Å²) < 4.78 is 0. The minimum absolute atomic E-state index is 0.0351. The lowest BCUT2D eigenvalue weighted by Crippen LogP contribution is -2.26. The van der Waals surface area contributed by atoms with Crippen molar-refractivity contribution in [3.63, 3.8) is 0 Å². The first-order valence-electron chi connectivity index (χ1n) is 4.84. The SMILES string of the molecule is C#CCCNC(=O)Cc1ncccc1C. The largest absolute Gasteiger partial charge is 0.355 e. The normalized spacial score (nSPS) is 9.33. The first-order valence-corrected chi connectivity index (χ1v) is 4.84. The zero-order valence-electron chi connectivity index (χ0n) is 8.79. The molecule has 1 N–H and O–H groups in total. The first kappa shape index (κ1) is 11.3. The highest BCUT2D eigenvalue weighted by atomic mass is 16.1. The van der Waals surface area contributed by atoms with Crippen molar-refractivity contribution in [2.45, 2.75) is 19.8 Å². The Balaban J connectivity index is 2.45. The second-order valence-corrected chi connectivity index (χ2v) is 3.25. The van der Waals surface area contributed by atoms with Gasteiger partial charge in [0.2, 0.25) is 5.91 Å². The van der Waals surface area contributed by atoms with Crippen LogP contribution in [0.4, 0.5) is 0 Å². The molecule has 0 saturated carbocycles. The minimum Gasteiger partial charge on any atom is -0.355 e. The summed E-state index contributed by atoms with van der Waals surface area (Å²) in [5, 5.41) is 2.74. The monoisotopic (exact) mass is 202 g/mol. The van der Waals surface area contributed by atoms with Gasteiger partial charge < -0.3 is 5.32 Å². The standard InChI is InChI=1S/C12H14N2O/c1-3-4-7-14-12(15)9-11-10(2)6-5-8-13-11/h1,5-6,8H,4,7,9H2,2H3,(H,14,15). The summed E-state index contributed by atoms with van der Waals surface area (Å²) in [5.41, 5.74) is 1.85. The molecule has 1 amide bonds. The number of nitrogens with one attached hydrogen (secondary N) is 1. The van der Waals surface area contributed by atoms with Gasteiger partial charge in [0.15, 0.2) is 0 Å². The summed E-state index contributed by atoms with van der Waals surface area (Å²) >= 11 is 0. The Morgan fingerprint density at radius 1 is 1.67 bits per heavy atom. The van der Waals surface area contributed by atoms with Gasteiger partial charge in [0.25, 0.3) is 0 Å². The topological polar surface area (TPSA) is 42.0 Å². The van der Waals surface area contributed by atoms with Crippen LogP contribution in [-0.2, 0) is 11.2 Å². The zero-order valence-corrected chi connectivity index (χ0v) is 8.79. The first-order chi connectivity index (χ1) is 7.24. The van der Waals surface area contributed by atoms with Crippen LogP contribution in [0.25, 0.3) is 0 Å². The summed E-state index contributed by atoms with van der Waals surface area (Å²) in [5.74, 6) is 2.43. The highest BCUT2D eigenvalue weighted by Gasteiger charge is 2.05. The summed E-state index contributed by atoms with van der Waals surface area (Å²) in [6.45, 7) is 2.47. The van der Waals surface area contributed by atoms with Crippen molar-refractivity contribution in [1.82, 2.24) is 10.3 Å². The van der Waals surface area contributed by atoms with Crippen LogP contribution in [0, 0.1) is 19.3 Å². The molecule has 0 aliphatic carbocycles. The highest BCUT2D eigenvalue weighted by Crippen LogP contribution is 2.03. The summed E-state index contributed by atoms with van der Waals surface area (Å²) in [4.78, 5) is 15.6. The molecule has 1 aromatic rings. The van der Waals surface area contributed by atoms with Gasteiger partial charge in [0.1, 0.15) is 0 Å². The Hall–Kier alpha value is -1.82. The number of nitrogens with zero attached hydrogens (tertiary/aromatic N) is 1. The Morgan fingerprint density at radius 2 is 2.47 bits per heavy atom. The number of amides is 1. The fourth-order valence-corrected chi connectivity index (χ4v) is 1.19. The van der Waals surface area contributed by atoms with E-state index in [-0.39, 0.29) is 5.91 Å². The molecule has 15 heavy (non-hydrogen) atoms. The Kier molecular flexibility index (Phi) is 4.36. The van der Waals surface area contributed by atoms with E-state index < -0.39 is 0 Å². The number of hydrogen-bond acceptors (Lipinski definition) is 2. The van der Waals surface area contributed by atoms with Gasteiger partial charge >= 0.3 is 0 Å². The summed E-state index contributed by atoms with van der Waals surface area (Å²) in [7, 11) is 0. The molecule has 0 saturated heterocycles. The van der Waals surface area contributed by atoms with Gasteiger partial charge in [0.05, 0.1) is 12.1 Å². The molecule has 78 valence electrons. The van der Waals surface area contributed by atoms with Crippen LogP contribution in [0.5, 0.6) is 0 Å². The second-order valence-electron chi connectivity index (χ2n) is 3.25. The molecule has 0 spiro atoms. The molecule has 0 aliphatic heterocycles. The molecule has 1 aromatic heterocycles. The predicted molar refractivity (Wildman–Crippen MR) is 59.1 cm³/mol. The minimum atomic E-state index is -0.0351. The van der Waals surface area contributed by atoms with Crippen molar-refractivity contribution in [2.24, 2.45) is 0 Å². The number of carbonyl (C=O) groups is 1. The molecule has 3 nitrogen and oxygen atoms in total. The van der Waals surface area contributed by atoms with Crippen LogP contribution in [0.2, 0.25) is 0 Å². The average Bonchev–Trinajstić information content (AvgIpc) is 2.22. The molecule has 0 fully saturated rings. The second kappa shape index (κ2) is 5.82. The van der Waals surface area contributed by atoms with Crippen LogP contribution in [0.1, 0.15) is 17.7 Å². The van der Waals surface area contributed by atoms with E-state index in [0.717, 1.165) is 11.3 Å². The molecule has 0 aromatic carbocycles. The van der Waals surface area contributed by atoms with Gasteiger partial charge in [-0.2, -0.15) is 0 Å². The van der Waals surface area contributed by atoms with Crippen molar-refractivity contribution >= 4 is 5.91 Å². The molecule has 0 atom stereocenters. The third kappa shape index (κ3) is 3.82. The maximum absolute atomic E-state index is 11.4. The third-order valence-electron chi connectivity index (χ3n) is 2.04. The van der Waals surface area contributed by atoms with E-state index in [1.165, 1.54) is 0 Å². The van der Waals surface area contributed by atoms with Crippen LogP contribution in [-0.4, -0.2) is 17.4 Å². The molecule has 0 radical (unpaired) electrons. The van der Waals surface area contributed by atoms with E-state index in [1.54, 1.807) is 6.20 Å². The Morgan fingerprint density at radius 3 is 3.13 bits per heavy atom. The highest BCUT2D eigenvalue weighted by molar-refractivity contribution is 5.78. The lowest BCUT2D eigenvalue weighted by atomic mass is 10.1. The smallest absolute Gasteiger partial charge is 0.226 e. The van der Waals surface area contributed by atoms with Crippen molar-refractivity contribution in [2.75, 3.05) is 6.54 Å². The number of hydrogen-bond donors (Lipinski definition) is 1. The molecule has 1 rings (SSSR count). The van der Waals surface area contributed by atoms with Crippen LogP contribution in [0.15, 0.2) is 18.3 Å². The fourth-order valence-electron chi connectivity index (χ4n) is 1.19. The lowest BCUT2D eigenvalue weighted by Gasteiger charge is -2.04.